The van der Waals surface area contributed by atoms with Crippen molar-refractivity contribution in [2.75, 3.05) is 12.8 Å². The fourth-order valence-corrected chi connectivity index (χ4v) is 3.76. The van der Waals surface area contributed by atoms with Gasteiger partial charge in [0, 0.05) is 24.0 Å². The fraction of sp³-hybridized carbons (Fsp3) is 0.294. The predicted octanol–water partition coefficient (Wildman–Crippen LogP) is 2.56. The summed E-state index contributed by atoms with van der Waals surface area (Å²) in [4.78, 5) is 8.54. The minimum absolute atomic E-state index is 0.123. The SMILES string of the molecule is COc1cc2ncc(-c3ccc(N)nc3)n2cc1S(=O)(=O)C(C)(C)C. The lowest BCUT2D eigenvalue weighted by molar-refractivity contribution is 0.401. The lowest BCUT2D eigenvalue weighted by Crippen LogP contribution is -2.28. The van der Waals surface area contributed by atoms with Gasteiger partial charge in [0.05, 0.1) is 23.7 Å². The summed E-state index contributed by atoms with van der Waals surface area (Å²) in [6.45, 7) is 4.97. The molecule has 0 radical (unpaired) electrons. The number of anilines is 1. The number of pyridine rings is 2. The van der Waals surface area contributed by atoms with E-state index in [-0.39, 0.29) is 10.6 Å². The van der Waals surface area contributed by atoms with E-state index in [0.717, 1.165) is 11.3 Å². The van der Waals surface area contributed by atoms with Gasteiger partial charge in [0.25, 0.3) is 0 Å². The van der Waals surface area contributed by atoms with Crippen molar-refractivity contribution >= 4 is 21.3 Å². The average molecular weight is 360 g/mol. The number of fused-ring (bicyclic) bond motifs is 1. The fourth-order valence-electron chi connectivity index (χ4n) is 2.45. The Morgan fingerprint density at radius 2 is 1.88 bits per heavy atom. The quantitative estimate of drug-likeness (QED) is 0.770. The maximum absolute atomic E-state index is 12.9. The van der Waals surface area contributed by atoms with E-state index in [1.807, 2.05) is 6.07 Å². The van der Waals surface area contributed by atoms with E-state index in [9.17, 15) is 8.42 Å². The van der Waals surface area contributed by atoms with Crippen molar-refractivity contribution in [3.63, 3.8) is 0 Å². The number of nitrogens with two attached hydrogens (primary N) is 1. The smallest absolute Gasteiger partial charge is 0.188 e. The van der Waals surface area contributed by atoms with Gasteiger partial charge in [0.2, 0.25) is 0 Å². The molecular formula is C17H20N4O3S. The first-order valence-electron chi connectivity index (χ1n) is 7.67. The highest BCUT2D eigenvalue weighted by atomic mass is 32.2. The van der Waals surface area contributed by atoms with Crippen molar-refractivity contribution in [3.05, 3.63) is 36.8 Å². The molecule has 0 unspecified atom stereocenters. The van der Waals surface area contributed by atoms with E-state index >= 15 is 0 Å². The van der Waals surface area contributed by atoms with Gasteiger partial charge in [-0.2, -0.15) is 0 Å². The van der Waals surface area contributed by atoms with E-state index in [1.165, 1.54) is 7.11 Å². The van der Waals surface area contributed by atoms with Gasteiger partial charge in [-0.1, -0.05) is 0 Å². The molecule has 0 amide bonds. The molecule has 3 rings (SSSR count). The first-order valence-corrected chi connectivity index (χ1v) is 9.15. The number of imidazole rings is 1. The number of ether oxygens (including phenoxy) is 1. The maximum Gasteiger partial charge on any atom is 0.188 e. The summed E-state index contributed by atoms with van der Waals surface area (Å²) >= 11 is 0. The molecule has 0 aliphatic rings. The third kappa shape index (κ3) is 2.82. The molecule has 3 aromatic rings. The van der Waals surface area contributed by atoms with Crippen molar-refractivity contribution in [1.82, 2.24) is 14.4 Å². The number of rotatable bonds is 3. The second kappa shape index (κ2) is 5.73. The Balaban J connectivity index is 2.29. The van der Waals surface area contributed by atoms with Crippen LogP contribution in [0.25, 0.3) is 16.9 Å². The van der Waals surface area contributed by atoms with Crippen molar-refractivity contribution < 1.29 is 13.2 Å². The number of methoxy groups -OCH3 is 1. The normalized spacial score (nSPS) is 12.5. The Labute approximate surface area is 146 Å². The summed E-state index contributed by atoms with van der Waals surface area (Å²) in [6, 6.07) is 5.12. The van der Waals surface area contributed by atoms with Gasteiger partial charge in [-0.25, -0.2) is 18.4 Å². The first kappa shape index (κ1) is 17.2. The Morgan fingerprint density at radius 3 is 2.44 bits per heavy atom. The van der Waals surface area contributed by atoms with Gasteiger partial charge in [0.1, 0.15) is 22.1 Å². The minimum atomic E-state index is -3.60. The van der Waals surface area contributed by atoms with Crippen LogP contribution < -0.4 is 10.5 Å². The van der Waals surface area contributed by atoms with Crippen LogP contribution in [-0.2, 0) is 9.84 Å². The monoisotopic (exact) mass is 360 g/mol. The number of hydrogen-bond acceptors (Lipinski definition) is 6. The minimum Gasteiger partial charge on any atom is -0.495 e. The second-order valence-electron chi connectivity index (χ2n) is 6.67. The van der Waals surface area contributed by atoms with Crippen LogP contribution in [0.3, 0.4) is 0 Å². The number of hydrogen-bond donors (Lipinski definition) is 1. The third-order valence-electron chi connectivity index (χ3n) is 3.97. The lowest BCUT2D eigenvalue weighted by atomic mass is 10.2. The molecule has 0 aromatic carbocycles. The molecule has 0 saturated heterocycles. The Kier molecular flexibility index (Phi) is 3.95. The highest BCUT2D eigenvalue weighted by Crippen LogP contribution is 2.34. The van der Waals surface area contributed by atoms with Crippen molar-refractivity contribution in [2.45, 2.75) is 30.4 Å². The summed E-state index contributed by atoms with van der Waals surface area (Å²) < 4.78 is 32.0. The molecule has 2 N–H and O–H groups in total. The highest BCUT2D eigenvalue weighted by molar-refractivity contribution is 7.92. The second-order valence-corrected chi connectivity index (χ2v) is 9.34. The summed E-state index contributed by atoms with van der Waals surface area (Å²) in [6.07, 6.45) is 4.84. The largest absolute Gasteiger partial charge is 0.495 e. The molecule has 132 valence electrons. The van der Waals surface area contributed by atoms with Crippen molar-refractivity contribution in [1.29, 1.82) is 0 Å². The van der Waals surface area contributed by atoms with Gasteiger partial charge in [-0.3, -0.25) is 4.40 Å². The van der Waals surface area contributed by atoms with E-state index in [1.54, 1.807) is 55.9 Å². The van der Waals surface area contributed by atoms with Gasteiger partial charge in [-0.05, 0) is 32.9 Å². The van der Waals surface area contributed by atoms with E-state index in [0.29, 0.717) is 11.5 Å². The van der Waals surface area contributed by atoms with E-state index in [2.05, 4.69) is 9.97 Å². The maximum atomic E-state index is 12.9. The molecule has 8 heteroatoms. The van der Waals surface area contributed by atoms with E-state index < -0.39 is 14.6 Å². The molecule has 0 fully saturated rings. The molecule has 0 aliphatic carbocycles. The Hall–Kier alpha value is -2.61. The standard InChI is InChI=1S/C17H20N4O3S/c1-17(2,3)25(22,23)14-10-21-12(11-5-6-15(18)19-8-11)9-20-16(21)7-13(14)24-4/h5-10H,1-4H3,(H2,18,19). The number of nitrogens with zero attached hydrogens (tertiary/aromatic N) is 3. The van der Waals surface area contributed by atoms with Gasteiger partial charge in [-0.15, -0.1) is 0 Å². The highest BCUT2D eigenvalue weighted by Gasteiger charge is 2.34. The molecule has 25 heavy (non-hydrogen) atoms. The average Bonchev–Trinajstić information content (AvgIpc) is 2.96. The zero-order valence-corrected chi connectivity index (χ0v) is 15.3. The third-order valence-corrected chi connectivity index (χ3v) is 6.47. The van der Waals surface area contributed by atoms with Crippen LogP contribution in [0.4, 0.5) is 5.82 Å². The van der Waals surface area contributed by atoms with Crippen LogP contribution in [0.15, 0.2) is 41.7 Å². The van der Waals surface area contributed by atoms with E-state index in [4.69, 9.17) is 10.5 Å². The van der Waals surface area contributed by atoms with Crippen LogP contribution >= 0.6 is 0 Å². The molecule has 0 atom stereocenters. The molecule has 0 spiro atoms. The van der Waals surface area contributed by atoms with Crippen LogP contribution in [0.5, 0.6) is 5.75 Å². The lowest BCUT2D eigenvalue weighted by Gasteiger charge is -2.21. The van der Waals surface area contributed by atoms with Gasteiger partial charge < -0.3 is 10.5 Å². The van der Waals surface area contributed by atoms with Crippen molar-refractivity contribution in [3.8, 4) is 17.0 Å². The Morgan fingerprint density at radius 1 is 1.16 bits per heavy atom. The number of aromatic nitrogens is 3. The summed E-state index contributed by atoms with van der Waals surface area (Å²) in [7, 11) is -2.16. The number of sulfone groups is 1. The van der Waals surface area contributed by atoms with Crippen LogP contribution in [-0.4, -0.2) is 34.6 Å². The zero-order valence-electron chi connectivity index (χ0n) is 14.5. The molecule has 0 saturated carbocycles. The molecule has 3 aromatic heterocycles. The summed E-state index contributed by atoms with van der Waals surface area (Å²) in [5, 5.41) is 0. The molecule has 7 nitrogen and oxygen atoms in total. The summed E-state index contributed by atoms with van der Waals surface area (Å²) in [5.41, 5.74) is 7.71. The van der Waals surface area contributed by atoms with Crippen LogP contribution in [0, 0.1) is 0 Å². The van der Waals surface area contributed by atoms with Gasteiger partial charge >= 0.3 is 0 Å². The first-order chi connectivity index (χ1) is 11.6. The molecule has 3 heterocycles. The van der Waals surface area contributed by atoms with Crippen LogP contribution in [0.1, 0.15) is 20.8 Å². The summed E-state index contributed by atoms with van der Waals surface area (Å²) in [5.74, 6) is 0.685. The van der Waals surface area contributed by atoms with Gasteiger partial charge in [0.15, 0.2) is 9.84 Å². The topological polar surface area (TPSA) is 99.6 Å². The Bertz CT molecular complexity index is 1030. The zero-order chi connectivity index (χ0) is 18.4. The number of nitrogen functional groups attached to an aromatic ring is 1. The molecule has 0 bridgehead atoms. The predicted molar refractivity (Wildman–Crippen MR) is 96.3 cm³/mol. The molecular weight excluding hydrogens is 340 g/mol. The van der Waals surface area contributed by atoms with Crippen LogP contribution in [0.2, 0.25) is 0 Å². The molecule has 0 aliphatic heterocycles. The van der Waals surface area contributed by atoms with Crippen molar-refractivity contribution in [2.24, 2.45) is 0 Å².